The van der Waals surface area contributed by atoms with E-state index in [1.165, 1.54) is 18.5 Å². The molecule has 2 rings (SSSR count). The highest BCUT2D eigenvalue weighted by molar-refractivity contribution is 5.51. The molecule has 1 N–H and O–H groups in total. The maximum Gasteiger partial charge on any atom is 0.121 e. The lowest BCUT2D eigenvalue weighted by Gasteiger charge is -2.19. The molecule has 3 heteroatoms. The quantitative estimate of drug-likeness (QED) is 0.765. The molecule has 1 heterocycles. The van der Waals surface area contributed by atoms with Gasteiger partial charge < -0.3 is 15.0 Å². The van der Waals surface area contributed by atoms with Gasteiger partial charge in [0.05, 0.1) is 6.61 Å². The Labute approximate surface area is 116 Å². The molecule has 1 fully saturated rings. The second kappa shape index (κ2) is 7.39. The lowest BCUT2D eigenvalue weighted by Crippen LogP contribution is -2.24. The number of ether oxygens (including phenoxy) is 1. The Hall–Kier alpha value is -1.22. The molecule has 19 heavy (non-hydrogen) atoms. The second-order valence-electron chi connectivity index (χ2n) is 5.36. The Bertz CT molecular complexity index is 381. The third kappa shape index (κ3) is 4.13. The van der Waals surface area contributed by atoms with Gasteiger partial charge in [0.2, 0.25) is 0 Å². The van der Waals surface area contributed by atoms with Crippen LogP contribution in [0.2, 0.25) is 0 Å². The summed E-state index contributed by atoms with van der Waals surface area (Å²) in [6, 6.07) is 8.52. The van der Waals surface area contributed by atoms with Crippen molar-refractivity contribution >= 4 is 5.69 Å². The lowest BCUT2D eigenvalue weighted by molar-refractivity contribution is 0.309. The van der Waals surface area contributed by atoms with Crippen LogP contribution in [0.25, 0.3) is 0 Å². The van der Waals surface area contributed by atoms with Crippen LogP contribution in [0.15, 0.2) is 24.3 Å². The van der Waals surface area contributed by atoms with Gasteiger partial charge >= 0.3 is 0 Å². The fourth-order valence-corrected chi connectivity index (χ4v) is 2.63. The number of hydrogen-bond donors (Lipinski definition) is 1. The van der Waals surface area contributed by atoms with E-state index in [0.717, 1.165) is 44.3 Å². The van der Waals surface area contributed by atoms with Crippen molar-refractivity contribution in [2.24, 2.45) is 5.92 Å². The van der Waals surface area contributed by atoms with Gasteiger partial charge in [-0.15, -0.1) is 0 Å². The van der Waals surface area contributed by atoms with E-state index < -0.39 is 0 Å². The first kappa shape index (κ1) is 14.2. The predicted molar refractivity (Wildman–Crippen MR) is 81.1 cm³/mol. The minimum atomic E-state index is 0.773. The summed E-state index contributed by atoms with van der Waals surface area (Å²) in [5.41, 5.74) is 1.30. The van der Waals surface area contributed by atoms with E-state index in [0.29, 0.717) is 0 Å². The Morgan fingerprint density at radius 2 is 2.32 bits per heavy atom. The largest absolute Gasteiger partial charge is 0.494 e. The van der Waals surface area contributed by atoms with E-state index in [2.05, 4.69) is 41.4 Å². The van der Waals surface area contributed by atoms with E-state index in [1.807, 2.05) is 7.05 Å². The molecule has 0 bridgehead atoms. The summed E-state index contributed by atoms with van der Waals surface area (Å²) >= 11 is 0. The topological polar surface area (TPSA) is 24.5 Å². The number of hydrogen-bond acceptors (Lipinski definition) is 3. The average molecular weight is 262 g/mol. The van der Waals surface area contributed by atoms with Gasteiger partial charge in [0.1, 0.15) is 5.75 Å². The normalized spacial score (nSPS) is 18.8. The number of unbranched alkanes of at least 4 members (excludes halogenated alkanes) is 1. The minimum absolute atomic E-state index is 0.773. The van der Waals surface area contributed by atoms with Crippen molar-refractivity contribution in [3.8, 4) is 5.75 Å². The SMILES string of the molecule is CCCCOc1cccc(N2CCC(CNC)C2)c1. The number of nitrogens with zero attached hydrogens (tertiary/aromatic N) is 1. The van der Waals surface area contributed by atoms with Gasteiger partial charge in [0.15, 0.2) is 0 Å². The molecule has 3 nitrogen and oxygen atoms in total. The molecule has 1 unspecified atom stereocenters. The average Bonchev–Trinajstić information content (AvgIpc) is 2.89. The molecule has 1 aromatic rings. The summed E-state index contributed by atoms with van der Waals surface area (Å²) in [5, 5.41) is 3.28. The third-order valence-electron chi connectivity index (χ3n) is 3.73. The van der Waals surface area contributed by atoms with E-state index >= 15 is 0 Å². The maximum atomic E-state index is 5.78. The van der Waals surface area contributed by atoms with Crippen LogP contribution in [0.4, 0.5) is 5.69 Å². The molecule has 0 saturated carbocycles. The van der Waals surface area contributed by atoms with Crippen molar-refractivity contribution in [2.45, 2.75) is 26.2 Å². The van der Waals surface area contributed by atoms with E-state index in [9.17, 15) is 0 Å². The van der Waals surface area contributed by atoms with Gasteiger partial charge in [-0.05, 0) is 44.5 Å². The molecule has 1 aliphatic heterocycles. The van der Waals surface area contributed by atoms with Crippen molar-refractivity contribution < 1.29 is 4.74 Å². The Balaban J connectivity index is 1.91. The lowest BCUT2D eigenvalue weighted by atomic mass is 10.1. The third-order valence-corrected chi connectivity index (χ3v) is 3.73. The van der Waals surface area contributed by atoms with Crippen LogP contribution in [-0.4, -0.2) is 33.3 Å². The summed E-state index contributed by atoms with van der Waals surface area (Å²) in [6.07, 6.45) is 3.58. The Morgan fingerprint density at radius 1 is 1.42 bits per heavy atom. The minimum Gasteiger partial charge on any atom is -0.494 e. The highest BCUT2D eigenvalue weighted by Crippen LogP contribution is 2.26. The van der Waals surface area contributed by atoms with Gasteiger partial charge in [-0.1, -0.05) is 19.4 Å². The van der Waals surface area contributed by atoms with Crippen molar-refractivity contribution in [2.75, 3.05) is 38.2 Å². The number of rotatable bonds is 7. The molecule has 1 aromatic carbocycles. The van der Waals surface area contributed by atoms with Crippen LogP contribution >= 0.6 is 0 Å². The summed E-state index contributed by atoms with van der Waals surface area (Å²) in [4.78, 5) is 2.47. The summed E-state index contributed by atoms with van der Waals surface area (Å²) in [6.45, 7) is 6.43. The fourth-order valence-electron chi connectivity index (χ4n) is 2.63. The fraction of sp³-hybridized carbons (Fsp3) is 0.625. The van der Waals surface area contributed by atoms with Crippen LogP contribution in [0.1, 0.15) is 26.2 Å². The molecular formula is C16H26N2O. The van der Waals surface area contributed by atoms with E-state index in [4.69, 9.17) is 4.74 Å². The molecule has 1 saturated heterocycles. The van der Waals surface area contributed by atoms with Crippen LogP contribution in [-0.2, 0) is 0 Å². The highest BCUT2D eigenvalue weighted by atomic mass is 16.5. The molecule has 0 radical (unpaired) electrons. The first-order valence-corrected chi connectivity index (χ1v) is 7.46. The van der Waals surface area contributed by atoms with Crippen LogP contribution < -0.4 is 15.0 Å². The predicted octanol–water partition coefficient (Wildman–Crippen LogP) is 2.91. The van der Waals surface area contributed by atoms with Crippen LogP contribution in [0, 0.1) is 5.92 Å². The highest BCUT2D eigenvalue weighted by Gasteiger charge is 2.22. The standard InChI is InChI=1S/C16H26N2O/c1-3-4-10-19-16-7-5-6-15(11-16)18-9-8-14(13-18)12-17-2/h5-7,11,14,17H,3-4,8-10,12-13H2,1-2H3. The van der Waals surface area contributed by atoms with Crippen molar-refractivity contribution in [1.29, 1.82) is 0 Å². The maximum absolute atomic E-state index is 5.78. The first-order chi connectivity index (χ1) is 9.33. The molecule has 1 atom stereocenters. The smallest absolute Gasteiger partial charge is 0.121 e. The molecule has 106 valence electrons. The molecule has 0 aromatic heterocycles. The van der Waals surface area contributed by atoms with Crippen molar-refractivity contribution in [3.63, 3.8) is 0 Å². The van der Waals surface area contributed by atoms with Gasteiger partial charge in [0.25, 0.3) is 0 Å². The summed E-state index contributed by atoms with van der Waals surface area (Å²) in [7, 11) is 2.03. The molecular weight excluding hydrogens is 236 g/mol. The molecule has 0 aliphatic carbocycles. The number of nitrogens with one attached hydrogen (secondary N) is 1. The molecule has 0 amide bonds. The van der Waals surface area contributed by atoms with Gasteiger partial charge in [0, 0.05) is 24.8 Å². The van der Waals surface area contributed by atoms with Crippen molar-refractivity contribution in [1.82, 2.24) is 5.32 Å². The van der Waals surface area contributed by atoms with E-state index in [-0.39, 0.29) is 0 Å². The first-order valence-electron chi connectivity index (χ1n) is 7.46. The summed E-state index contributed by atoms with van der Waals surface area (Å²) in [5.74, 6) is 1.78. The summed E-state index contributed by atoms with van der Waals surface area (Å²) < 4.78 is 5.78. The zero-order chi connectivity index (χ0) is 13.5. The zero-order valence-electron chi connectivity index (χ0n) is 12.2. The number of benzene rings is 1. The molecule has 1 aliphatic rings. The van der Waals surface area contributed by atoms with Crippen LogP contribution in [0.3, 0.4) is 0 Å². The van der Waals surface area contributed by atoms with Crippen molar-refractivity contribution in [3.05, 3.63) is 24.3 Å². The molecule has 0 spiro atoms. The van der Waals surface area contributed by atoms with E-state index in [1.54, 1.807) is 0 Å². The van der Waals surface area contributed by atoms with Gasteiger partial charge in [-0.2, -0.15) is 0 Å². The number of anilines is 1. The second-order valence-corrected chi connectivity index (χ2v) is 5.36. The Morgan fingerprint density at radius 3 is 3.11 bits per heavy atom. The Kier molecular flexibility index (Phi) is 5.52. The van der Waals surface area contributed by atoms with Crippen LogP contribution in [0.5, 0.6) is 5.75 Å². The van der Waals surface area contributed by atoms with Gasteiger partial charge in [-0.3, -0.25) is 0 Å². The zero-order valence-corrected chi connectivity index (χ0v) is 12.2. The van der Waals surface area contributed by atoms with Gasteiger partial charge in [-0.25, -0.2) is 0 Å². The monoisotopic (exact) mass is 262 g/mol.